The molecule has 0 spiro atoms. The molecule has 0 aliphatic heterocycles. The molecule has 0 nitrogen and oxygen atoms in total. The van der Waals surface area contributed by atoms with Gasteiger partial charge in [-0.1, -0.05) is 23.2 Å². The molecule has 1 aromatic rings. The molecule has 0 atom stereocenters. The van der Waals surface area contributed by atoms with Gasteiger partial charge in [-0.25, -0.2) is 4.39 Å². The normalized spacial score (nSPS) is 35.5. The highest BCUT2D eigenvalue weighted by Crippen LogP contribution is 2.74. The van der Waals surface area contributed by atoms with E-state index in [2.05, 4.69) is 0 Å². The van der Waals surface area contributed by atoms with E-state index in [1.807, 2.05) is 0 Å². The quantitative estimate of drug-likeness (QED) is 0.539. The van der Waals surface area contributed by atoms with Crippen LogP contribution in [-0.2, 0) is 5.41 Å². The Balaban J connectivity index is 1.93. The van der Waals surface area contributed by atoms with Crippen LogP contribution in [0.15, 0.2) is 12.1 Å². The monoisotopic (exact) mass is 278 g/mol. The first kappa shape index (κ1) is 11.1. The van der Waals surface area contributed by atoms with E-state index in [0.29, 0.717) is 5.41 Å². The van der Waals surface area contributed by atoms with Gasteiger partial charge in [0.25, 0.3) is 0 Å². The minimum atomic E-state index is -0.522. The minimum absolute atomic E-state index is 0.118. The highest BCUT2D eigenvalue weighted by atomic mass is 35.5. The molecule has 0 saturated heterocycles. The van der Waals surface area contributed by atoms with Crippen molar-refractivity contribution in [1.82, 2.24) is 0 Å². The molecule has 0 radical (unpaired) electrons. The van der Waals surface area contributed by atoms with E-state index < -0.39 is 5.82 Å². The second-order valence-electron chi connectivity index (χ2n) is 5.20. The zero-order chi connectivity index (χ0) is 11.6. The van der Waals surface area contributed by atoms with Crippen LogP contribution in [0.3, 0.4) is 0 Å². The second-order valence-corrected chi connectivity index (χ2v) is 6.28. The van der Waals surface area contributed by atoms with Crippen LogP contribution in [-0.4, -0.2) is 5.88 Å². The first-order valence-electron chi connectivity index (χ1n) is 5.21. The molecular weight excluding hydrogens is 269 g/mol. The molecule has 0 aromatic heterocycles. The van der Waals surface area contributed by atoms with Crippen molar-refractivity contribution < 1.29 is 4.39 Å². The predicted molar refractivity (Wildman–Crippen MR) is 65.1 cm³/mol. The largest absolute Gasteiger partial charge is 0.204 e. The number of halogens is 4. The predicted octanol–water partition coefficient (Wildman–Crippen LogP) is 4.79. The van der Waals surface area contributed by atoms with Crippen LogP contribution in [0, 0.1) is 11.2 Å². The Morgan fingerprint density at radius 1 is 1.12 bits per heavy atom. The average molecular weight is 280 g/mol. The van der Waals surface area contributed by atoms with Gasteiger partial charge in [-0.2, -0.15) is 0 Å². The number of rotatable bonds is 2. The maximum atomic E-state index is 13.3. The van der Waals surface area contributed by atoms with E-state index in [-0.39, 0.29) is 15.5 Å². The molecule has 4 heteroatoms. The van der Waals surface area contributed by atoms with Crippen LogP contribution in [0.4, 0.5) is 4.39 Å². The van der Waals surface area contributed by atoms with E-state index in [4.69, 9.17) is 34.8 Å². The summed E-state index contributed by atoms with van der Waals surface area (Å²) in [7, 11) is 0. The zero-order valence-corrected chi connectivity index (χ0v) is 10.8. The summed E-state index contributed by atoms with van der Waals surface area (Å²) in [6, 6.07) is 3.42. The number of benzene rings is 1. The summed E-state index contributed by atoms with van der Waals surface area (Å²) in [5.74, 6) is 0.197. The number of hydrogen-bond acceptors (Lipinski definition) is 0. The third-order valence-corrected chi connectivity index (χ3v) is 5.14. The lowest BCUT2D eigenvalue weighted by Crippen LogP contribution is -2.65. The van der Waals surface area contributed by atoms with Gasteiger partial charge in [0, 0.05) is 5.88 Å². The molecule has 1 aromatic carbocycles. The third kappa shape index (κ3) is 1.28. The summed E-state index contributed by atoms with van der Waals surface area (Å²) in [5.41, 5.74) is 1.58. The summed E-state index contributed by atoms with van der Waals surface area (Å²) >= 11 is 17.5. The van der Waals surface area contributed by atoms with Crippen molar-refractivity contribution >= 4 is 34.8 Å². The fourth-order valence-corrected chi connectivity index (χ4v) is 4.08. The zero-order valence-electron chi connectivity index (χ0n) is 8.49. The van der Waals surface area contributed by atoms with Crippen LogP contribution < -0.4 is 0 Å². The molecule has 0 N–H and O–H groups in total. The van der Waals surface area contributed by atoms with E-state index in [1.165, 1.54) is 0 Å². The summed E-state index contributed by atoms with van der Waals surface area (Å²) < 4.78 is 13.3. The molecule has 16 heavy (non-hydrogen) atoms. The molecule has 2 bridgehead atoms. The van der Waals surface area contributed by atoms with Gasteiger partial charge in [-0.15, -0.1) is 11.6 Å². The van der Waals surface area contributed by atoms with Gasteiger partial charge in [0.15, 0.2) is 5.82 Å². The Morgan fingerprint density at radius 3 is 2.06 bits per heavy atom. The molecule has 4 rings (SSSR count). The van der Waals surface area contributed by atoms with Gasteiger partial charge in [-0.3, -0.25) is 0 Å². The highest BCUT2D eigenvalue weighted by Gasteiger charge is 2.67. The van der Waals surface area contributed by atoms with Crippen LogP contribution in [0.2, 0.25) is 10.0 Å². The van der Waals surface area contributed by atoms with Crippen LogP contribution >= 0.6 is 34.8 Å². The van der Waals surface area contributed by atoms with Crippen molar-refractivity contribution in [3.63, 3.8) is 0 Å². The van der Waals surface area contributed by atoms with Crippen LogP contribution in [0.1, 0.15) is 24.8 Å². The number of hydrogen-bond donors (Lipinski definition) is 0. The fraction of sp³-hybridized carbons (Fsp3) is 0.500. The lowest BCUT2D eigenvalue weighted by atomic mass is 9.34. The maximum absolute atomic E-state index is 13.3. The second kappa shape index (κ2) is 3.28. The molecule has 0 amide bonds. The molecular formula is C12H10Cl3F. The maximum Gasteiger partial charge on any atom is 0.160 e. The van der Waals surface area contributed by atoms with Crippen molar-refractivity contribution in [2.75, 3.05) is 5.88 Å². The first-order chi connectivity index (χ1) is 7.50. The Kier molecular flexibility index (Phi) is 2.28. The van der Waals surface area contributed by atoms with Crippen molar-refractivity contribution in [1.29, 1.82) is 0 Å². The van der Waals surface area contributed by atoms with Gasteiger partial charge in [-0.05, 0) is 47.8 Å². The van der Waals surface area contributed by atoms with E-state index in [1.54, 1.807) is 12.1 Å². The Hall–Kier alpha value is 0.0200. The highest BCUT2D eigenvalue weighted by molar-refractivity contribution is 6.35. The van der Waals surface area contributed by atoms with E-state index in [9.17, 15) is 4.39 Å². The Morgan fingerprint density at radius 2 is 1.62 bits per heavy atom. The lowest BCUT2D eigenvalue weighted by Gasteiger charge is -2.71. The van der Waals surface area contributed by atoms with Gasteiger partial charge >= 0.3 is 0 Å². The third-order valence-electron chi connectivity index (χ3n) is 4.02. The SMILES string of the molecule is Fc1c(Cl)cc(C23CC(CCl)(C2)C3)cc1Cl. The summed E-state index contributed by atoms with van der Waals surface area (Å²) in [4.78, 5) is 0. The van der Waals surface area contributed by atoms with Crippen molar-refractivity contribution in [3.8, 4) is 0 Å². The summed E-state index contributed by atoms with van der Waals surface area (Å²) in [5, 5.41) is 0.235. The molecule has 3 fully saturated rings. The first-order valence-corrected chi connectivity index (χ1v) is 6.50. The fourth-order valence-electron chi connectivity index (χ4n) is 3.31. The molecule has 3 saturated carbocycles. The molecule has 0 unspecified atom stereocenters. The van der Waals surface area contributed by atoms with Crippen molar-refractivity contribution in [2.45, 2.75) is 24.7 Å². The molecule has 3 aliphatic carbocycles. The standard InChI is InChI=1S/C12H10Cl3F/c13-6-11-3-12(4-11,5-11)7-1-8(14)10(16)9(15)2-7/h1-2H,3-6H2. The number of alkyl halides is 1. The Bertz CT molecular complexity index is 427. The lowest BCUT2D eigenvalue weighted by molar-refractivity contribution is -0.122. The summed E-state index contributed by atoms with van der Waals surface area (Å²) in [6.07, 6.45) is 3.26. The van der Waals surface area contributed by atoms with Gasteiger partial charge < -0.3 is 0 Å². The van der Waals surface area contributed by atoms with Crippen molar-refractivity contribution in [3.05, 3.63) is 33.6 Å². The van der Waals surface area contributed by atoms with Crippen molar-refractivity contribution in [2.24, 2.45) is 5.41 Å². The Labute approximate surface area is 109 Å². The van der Waals surface area contributed by atoms with Gasteiger partial charge in [0.1, 0.15) is 0 Å². The van der Waals surface area contributed by atoms with Crippen LogP contribution in [0.5, 0.6) is 0 Å². The minimum Gasteiger partial charge on any atom is -0.204 e. The van der Waals surface area contributed by atoms with Gasteiger partial charge in [0.2, 0.25) is 0 Å². The topological polar surface area (TPSA) is 0 Å². The molecule has 3 aliphatic rings. The summed E-state index contributed by atoms with van der Waals surface area (Å²) in [6.45, 7) is 0. The van der Waals surface area contributed by atoms with E-state index in [0.717, 1.165) is 30.7 Å². The average Bonchev–Trinajstić information content (AvgIpc) is 2.10. The smallest absolute Gasteiger partial charge is 0.160 e. The molecule has 0 heterocycles. The molecule has 86 valence electrons. The van der Waals surface area contributed by atoms with Crippen LogP contribution in [0.25, 0.3) is 0 Å². The van der Waals surface area contributed by atoms with Gasteiger partial charge in [0.05, 0.1) is 10.0 Å². The van der Waals surface area contributed by atoms with E-state index >= 15 is 0 Å².